The van der Waals surface area contributed by atoms with E-state index in [4.69, 9.17) is 4.74 Å². The Kier molecular flexibility index (Phi) is 4.16. The fraction of sp³-hybridized carbons (Fsp3) is 0.571. The molecule has 19 heavy (non-hydrogen) atoms. The quantitative estimate of drug-likeness (QED) is 0.913. The molecule has 3 unspecified atom stereocenters. The van der Waals surface area contributed by atoms with Crippen molar-refractivity contribution in [2.45, 2.75) is 38.1 Å². The van der Waals surface area contributed by atoms with Crippen molar-refractivity contribution in [2.75, 3.05) is 6.61 Å². The molecule has 1 aromatic rings. The van der Waals surface area contributed by atoms with Gasteiger partial charge in [0.1, 0.15) is 0 Å². The van der Waals surface area contributed by atoms with E-state index < -0.39 is 17.8 Å². The highest BCUT2D eigenvalue weighted by atomic mass is 19.4. The van der Waals surface area contributed by atoms with E-state index in [9.17, 15) is 18.3 Å². The Bertz CT molecular complexity index is 431. The summed E-state index contributed by atoms with van der Waals surface area (Å²) in [4.78, 5) is 0. The van der Waals surface area contributed by atoms with Crippen LogP contribution < -0.4 is 0 Å². The molecule has 0 amide bonds. The van der Waals surface area contributed by atoms with E-state index in [0.717, 1.165) is 6.07 Å². The van der Waals surface area contributed by atoms with Crippen LogP contribution in [0.5, 0.6) is 0 Å². The molecule has 106 valence electrons. The molecule has 0 aliphatic carbocycles. The minimum Gasteiger partial charge on any atom is -0.388 e. The molecule has 1 heterocycles. The summed E-state index contributed by atoms with van der Waals surface area (Å²) in [5.74, 6) is -0.270. The summed E-state index contributed by atoms with van der Waals surface area (Å²) in [6.45, 7) is 2.40. The summed E-state index contributed by atoms with van der Waals surface area (Å²) >= 11 is 0. The van der Waals surface area contributed by atoms with Crippen molar-refractivity contribution in [2.24, 2.45) is 5.92 Å². The highest BCUT2D eigenvalue weighted by Gasteiger charge is 2.39. The van der Waals surface area contributed by atoms with Gasteiger partial charge in [0.25, 0.3) is 0 Å². The van der Waals surface area contributed by atoms with Crippen molar-refractivity contribution in [1.82, 2.24) is 0 Å². The number of hydrogen-bond acceptors (Lipinski definition) is 2. The lowest BCUT2D eigenvalue weighted by molar-refractivity contribution is -0.139. The van der Waals surface area contributed by atoms with Gasteiger partial charge in [-0.2, -0.15) is 13.2 Å². The first kappa shape index (κ1) is 14.3. The van der Waals surface area contributed by atoms with Gasteiger partial charge in [-0.15, -0.1) is 0 Å². The van der Waals surface area contributed by atoms with Crippen molar-refractivity contribution in [3.8, 4) is 0 Å². The number of rotatable bonds is 3. The molecule has 1 aliphatic heterocycles. The number of alkyl halides is 3. The van der Waals surface area contributed by atoms with Gasteiger partial charge in [-0.25, -0.2) is 0 Å². The van der Waals surface area contributed by atoms with E-state index >= 15 is 0 Å². The molecule has 3 atom stereocenters. The summed E-state index contributed by atoms with van der Waals surface area (Å²) in [6, 6.07) is 5.21. The van der Waals surface area contributed by atoms with Crippen LogP contribution in [0.15, 0.2) is 24.3 Å². The number of aliphatic hydroxyl groups excluding tert-OH is 1. The van der Waals surface area contributed by atoms with Crippen molar-refractivity contribution < 1.29 is 23.0 Å². The summed E-state index contributed by atoms with van der Waals surface area (Å²) in [7, 11) is 0. The average molecular weight is 274 g/mol. The Morgan fingerprint density at radius 2 is 2.05 bits per heavy atom. The summed E-state index contributed by atoms with van der Waals surface area (Å²) in [5.41, 5.74) is -0.812. The molecule has 0 spiro atoms. The predicted octanol–water partition coefficient (Wildman–Crippen LogP) is 3.55. The lowest BCUT2D eigenvalue weighted by atomic mass is 9.87. The third-order valence-corrected chi connectivity index (χ3v) is 3.65. The molecule has 1 aromatic carbocycles. The molecule has 2 nitrogen and oxygen atoms in total. The van der Waals surface area contributed by atoms with E-state index in [1.165, 1.54) is 18.2 Å². The fourth-order valence-corrected chi connectivity index (χ4v) is 2.69. The maximum Gasteiger partial charge on any atom is 0.416 e. The van der Waals surface area contributed by atoms with Gasteiger partial charge in [-0.05, 0) is 24.5 Å². The van der Waals surface area contributed by atoms with Crippen LogP contribution in [-0.4, -0.2) is 17.8 Å². The smallest absolute Gasteiger partial charge is 0.388 e. The Hall–Kier alpha value is -1.07. The monoisotopic (exact) mass is 274 g/mol. The van der Waals surface area contributed by atoms with Crippen LogP contribution in [0.2, 0.25) is 0 Å². The normalized spacial score (nSPS) is 25.5. The van der Waals surface area contributed by atoms with Crippen molar-refractivity contribution in [3.05, 3.63) is 35.4 Å². The minimum absolute atomic E-state index is 0.0519. The molecule has 5 heteroatoms. The third kappa shape index (κ3) is 2.92. The van der Waals surface area contributed by atoms with Crippen LogP contribution in [0.4, 0.5) is 13.2 Å². The second-order valence-corrected chi connectivity index (χ2v) is 4.80. The van der Waals surface area contributed by atoms with E-state index in [2.05, 4.69) is 0 Å². The first-order valence-corrected chi connectivity index (χ1v) is 6.41. The van der Waals surface area contributed by atoms with Crippen LogP contribution in [-0.2, 0) is 10.9 Å². The largest absolute Gasteiger partial charge is 0.416 e. The highest BCUT2D eigenvalue weighted by molar-refractivity contribution is 5.32. The Morgan fingerprint density at radius 3 is 2.68 bits per heavy atom. The van der Waals surface area contributed by atoms with E-state index in [-0.39, 0.29) is 17.6 Å². The standard InChI is InChI=1S/C14H17F3O2/c1-2-12-10(7-8-19-12)13(18)9-5-3-4-6-11(9)14(15,16)17/h3-6,10,12-13,18H,2,7-8H2,1H3. The number of halogens is 3. The van der Waals surface area contributed by atoms with Crippen LogP contribution in [0.3, 0.4) is 0 Å². The zero-order chi connectivity index (χ0) is 14.0. The molecule has 1 aliphatic rings. The Balaban J connectivity index is 2.31. The number of aliphatic hydroxyl groups is 1. The van der Waals surface area contributed by atoms with E-state index in [1.54, 1.807) is 0 Å². The van der Waals surface area contributed by atoms with E-state index in [1.807, 2.05) is 6.92 Å². The molecular formula is C14H17F3O2. The van der Waals surface area contributed by atoms with E-state index in [0.29, 0.717) is 19.4 Å². The molecule has 0 bridgehead atoms. The maximum absolute atomic E-state index is 12.9. The van der Waals surface area contributed by atoms with Crippen molar-refractivity contribution in [3.63, 3.8) is 0 Å². The van der Waals surface area contributed by atoms with Gasteiger partial charge >= 0.3 is 6.18 Å². The van der Waals surface area contributed by atoms with Crippen LogP contribution in [0.1, 0.15) is 37.0 Å². The lowest BCUT2D eigenvalue weighted by Crippen LogP contribution is -2.24. The number of ether oxygens (including phenoxy) is 1. The van der Waals surface area contributed by atoms with Crippen molar-refractivity contribution >= 4 is 0 Å². The van der Waals surface area contributed by atoms with Gasteiger partial charge in [0, 0.05) is 12.5 Å². The minimum atomic E-state index is -4.45. The SMILES string of the molecule is CCC1OCCC1C(O)c1ccccc1C(F)(F)F. The molecule has 1 N–H and O–H groups in total. The molecular weight excluding hydrogens is 257 g/mol. The molecule has 0 radical (unpaired) electrons. The van der Waals surface area contributed by atoms with Gasteiger partial charge < -0.3 is 9.84 Å². The molecule has 2 rings (SSSR count). The second kappa shape index (κ2) is 5.51. The molecule has 0 aromatic heterocycles. The van der Waals surface area contributed by atoms with Crippen molar-refractivity contribution in [1.29, 1.82) is 0 Å². The van der Waals surface area contributed by atoms with Crippen LogP contribution in [0, 0.1) is 5.92 Å². The second-order valence-electron chi connectivity index (χ2n) is 4.80. The van der Waals surface area contributed by atoms with Gasteiger partial charge in [-0.3, -0.25) is 0 Å². The summed E-state index contributed by atoms with van der Waals surface area (Å²) < 4.78 is 44.2. The zero-order valence-corrected chi connectivity index (χ0v) is 10.7. The third-order valence-electron chi connectivity index (χ3n) is 3.65. The van der Waals surface area contributed by atoms with Gasteiger partial charge in [0.05, 0.1) is 17.8 Å². The number of hydrogen-bond donors (Lipinski definition) is 1. The highest BCUT2D eigenvalue weighted by Crippen LogP contribution is 2.40. The maximum atomic E-state index is 12.9. The Labute approximate surface area is 110 Å². The van der Waals surface area contributed by atoms with Crippen LogP contribution in [0.25, 0.3) is 0 Å². The average Bonchev–Trinajstić information content (AvgIpc) is 2.85. The van der Waals surface area contributed by atoms with Crippen LogP contribution >= 0.6 is 0 Å². The van der Waals surface area contributed by atoms with Gasteiger partial charge in [0.2, 0.25) is 0 Å². The summed E-state index contributed by atoms with van der Waals surface area (Å²) in [5, 5.41) is 10.3. The molecule has 0 saturated carbocycles. The first-order chi connectivity index (χ1) is 8.95. The predicted molar refractivity (Wildman–Crippen MR) is 64.5 cm³/mol. The topological polar surface area (TPSA) is 29.5 Å². The summed E-state index contributed by atoms with van der Waals surface area (Å²) in [6.07, 6.45) is -4.47. The molecule has 1 saturated heterocycles. The lowest BCUT2D eigenvalue weighted by Gasteiger charge is -2.25. The zero-order valence-electron chi connectivity index (χ0n) is 10.7. The first-order valence-electron chi connectivity index (χ1n) is 6.41. The molecule has 1 fully saturated rings. The Morgan fingerprint density at radius 1 is 1.37 bits per heavy atom. The number of benzene rings is 1. The van der Waals surface area contributed by atoms with Gasteiger partial charge in [0.15, 0.2) is 0 Å². The fourth-order valence-electron chi connectivity index (χ4n) is 2.69. The van der Waals surface area contributed by atoms with Gasteiger partial charge in [-0.1, -0.05) is 25.1 Å².